The van der Waals surface area contributed by atoms with Gasteiger partial charge in [-0.15, -0.1) is 0 Å². The summed E-state index contributed by atoms with van der Waals surface area (Å²) in [5, 5.41) is 0. The van der Waals surface area contributed by atoms with Crippen molar-refractivity contribution in [1.82, 2.24) is 4.90 Å². The topological polar surface area (TPSA) is 55.6 Å². The van der Waals surface area contributed by atoms with E-state index < -0.39 is 5.82 Å². The van der Waals surface area contributed by atoms with Crippen molar-refractivity contribution in [2.75, 3.05) is 26.0 Å². The summed E-state index contributed by atoms with van der Waals surface area (Å²) < 4.78 is 18.9. The normalized spacial score (nSPS) is 15.9. The number of nitrogens with zero attached hydrogens (tertiary/aromatic N) is 1. The molecule has 0 bridgehead atoms. The average Bonchev–Trinajstić information content (AvgIpc) is 3.26. The number of ether oxygens (including phenoxy) is 1. The number of nitrogen functional groups attached to an aromatic ring is 1. The molecular formula is C15H21FN2O2. The number of hydrogen-bond acceptors (Lipinski definition) is 3. The first-order valence-corrected chi connectivity index (χ1v) is 6.89. The molecule has 1 saturated carbocycles. The Kier molecular flexibility index (Phi) is 4.60. The van der Waals surface area contributed by atoms with E-state index in [9.17, 15) is 9.18 Å². The number of carbonyl (C=O) groups excluding carboxylic acids is 1. The van der Waals surface area contributed by atoms with Gasteiger partial charge in [-0.3, -0.25) is 4.79 Å². The van der Waals surface area contributed by atoms with Gasteiger partial charge in [0, 0.05) is 25.4 Å². The summed E-state index contributed by atoms with van der Waals surface area (Å²) in [7, 11) is 1.59. The van der Waals surface area contributed by atoms with Crippen LogP contribution >= 0.6 is 0 Å². The summed E-state index contributed by atoms with van der Waals surface area (Å²) >= 11 is 0. The van der Waals surface area contributed by atoms with Gasteiger partial charge in [-0.2, -0.15) is 0 Å². The molecule has 1 aromatic carbocycles. The number of carbonyl (C=O) groups is 1. The average molecular weight is 280 g/mol. The van der Waals surface area contributed by atoms with Gasteiger partial charge >= 0.3 is 0 Å². The second-order valence-electron chi connectivity index (χ2n) is 5.31. The Morgan fingerprint density at radius 1 is 1.55 bits per heavy atom. The number of amides is 1. The molecule has 0 saturated heterocycles. The summed E-state index contributed by atoms with van der Waals surface area (Å²) in [5.74, 6) is -0.333. The number of anilines is 1. The first-order chi connectivity index (χ1) is 9.54. The first kappa shape index (κ1) is 14.8. The van der Waals surface area contributed by atoms with Crippen molar-refractivity contribution in [3.63, 3.8) is 0 Å². The predicted octanol–water partition coefficient (Wildman–Crippen LogP) is 2.29. The van der Waals surface area contributed by atoms with Gasteiger partial charge < -0.3 is 15.4 Å². The minimum atomic E-state index is -0.533. The molecule has 1 aromatic rings. The molecule has 1 unspecified atom stereocenters. The zero-order valence-electron chi connectivity index (χ0n) is 11.9. The fraction of sp³-hybridized carbons (Fsp3) is 0.533. The van der Waals surface area contributed by atoms with E-state index >= 15 is 0 Å². The van der Waals surface area contributed by atoms with Crippen LogP contribution in [0.5, 0.6) is 0 Å². The third-order valence-corrected chi connectivity index (χ3v) is 3.81. The molecule has 1 aliphatic rings. The van der Waals surface area contributed by atoms with Crippen LogP contribution < -0.4 is 5.73 Å². The largest absolute Gasteiger partial charge is 0.399 e. The van der Waals surface area contributed by atoms with Crippen LogP contribution in [0, 0.1) is 11.7 Å². The highest BCUT2D eigenvalue weighted by Gasteiger charge is 2.35. The lowest BCUT2D eigenvalue weighted by atomic mass is 10.1. The maximum absolute atomic E-state index is 13.8. The van der Waals surface area contributed by atoms with Crippen molar-refractivity contribution in [2.45, 2.75) is 25.8 Å². The van der Waals surface area contributed by atoms with Crippen LogP contribution in [0.15, 0.2) is 18.2 Å². The second kappa shape index (κ2) is 6.22. The van der Waals surface area contributed by atoms with Gasteiger partial charge in [0.15, 0.2) is 0 Å². The maximum atomic E-state index is 13.8. The summed E-state index contributed by atoms with van der Waals surface area (Å²) in [6.45, 7) is 2.91. The third-order valence-electron chi connectivity index (χ3n) is 3.81. The quantitative estimate of drug-likeness (QED) is 0.813. The van der Waals surface area contributed by atoms with Crippen molar-refractivity contribution >= 4 is 11.6 Å². The fourth-order valence-corrected chi connectivity index (χ4v) is 2.37. The molecule has 1 amide bonds. The zero-order valence-corrected chi connectivity index (χ0v) is 11.9. The van der Waals surface area contributed by atoms with Crippen LogP contribution in [0.25, 0.3) is 0 Å². The Balaban J connectivity index is 2.22. The smallest absolute Gasteiger partial charge is 0.257 e. The van der Waals surface area contributed by atoms with Crippen molar-refractivity contribution in [3.05, 3.63) is 29.6 Å². The molecule has 4 nitrogen and oxygen atoms in total. The summed E-state index contributed by atoms with van der Waals surface area (Å²) in [4.78, 5) is 14.3. The second-order valence-corrected chi connectivity index (χ2v) is 5.31. The van der Waals surface area contributed by atoms with Gasteiger partial charge in [-0.1, -0.05) is 0 Å². The predicted molar refractivity (Wildman–Crippen MR) is 75.9 cm³/mol. The molecule has 1 atom stereocenters. The number of benzene rings is 1. The van der Waals surface area contributed by atoms with E-state index in [-0.39, 0.29) is 17.5 Å². The number of halogens is 1. The molecule has 110 valence electrons. The lowest BCUT2D eigenvalue weighted by Gasteiger charge is -2.29. The molecule has 1 aliphatic carbocycles. The summed E-state index contributed by atoms with van der Waals surface area (Å²) in [5.41, 5.74) is 6.08. The SMILES string of the molecule is COCCN(C(=O)c1cc(N)ccc1F)C(C)C1CC1. The summed E-state index contributed by atoms with van der Waals surface area (Å²) in [6, 6.07) is 4.18. The Bertz CT molecular complexity index is 489. The molecule has 1 fully saturated rings. The van der Waals surface area contributed by atoms with Crippen LogP contribution in [0.1, 0.15) is 30.1 Å². The van der Waals surface area contributed by atoms with Crippen LogP contribution in [0.3, 0.4) is 0 Å². The molecule has 20 heavy (non-hydrogen) atoms. The number of methoxy groups -OCH3 is 1. The summed E-state index contributed by atoms with van der Waals surface area (Å²) in [6.07, 6.45) is 2.24. The molecule has 5 heteroatoms. The standard InChI is InChI=1S/C15H21FN2O2/c1-10(11-3-4-11)18(7-8-20-2)15(19)13-9-12(17)5-6-14(13)16/h5-6,9-11H,3-4,7-8,17H2,1-2H3. The van der Waals surface area contributed by atoms with Crippen LogP contribution in [0.4, 0.5) is 10.1 Å². The molecule has 0 radical (unpaired) electrons. The van der Waals surface area contributed by atoms with E-state index in [1.165, 1.54) is 18.2 Å². The Labute approximate surface area is 118 Å². The molecule has 2 rings (SSSR count). The highest BCUT2D eigenvalue weighted by molar-refractivity contribution is 5.95. The van der Waals surface area contributed by atoms with E-state index in [2.05, 4.69) is 0 Å². The van der Waals surface area contributed by atoms with Gasteiger partial charge in [0.25, 0.3) is 5.91 Å². The Morgan fingerprint density at radius 3 is 2.85 bits per heavy atom. The van der Waals surface area contributed by atoms with Crippen LogP contribution in [-0.2, 0) is 4.74 Å². The highest BCUT2D eigenvalue weighted by atomic mass is 19.1. The van der Waals surface area contributed by atoms with Gasteiger partial charge in [-0.05, 0) is 43.9 Å². The first-order valence-electron chi connectivity index (χ1n) is 6.89. The third kappa shape index (κ3) is 3.28. The van der Waals surface area contributed by atoms with Crippen LogP contribution in [-0.4, -0.2) is 37.1 Å². The van der Waals surface area contributed by atoms with Gasteiger partial charge in [0.1, 0.15) is 5.82 Å². The maximum Gasteiger partial charge on any atom is 0.257 e. The van der Waals surface area contributed by atoms with E-state index in [4.69, 9.17) is 10.5 Å². The minimum absolute atomic E-state index is 0.0357. The lowest BCUT2D eigenvalue weighted by Crippen LogP contribution is -2.42. The number of rotatable bonds is 6. The van der Waals surface area contributed by atoms with E-state index in [0.717, 1.165) is 12.8 Å². The van der Waals surface area contributed by atoms with Gasteiger partial charge in [-0.25, -0.2) is 4.39 Å². The zero-order chi connectivity index (χ0) is 14.7. The molecular weight excluding hydrogens is 259 g/mol. The highest BCUT2D eigenvalue weighted by Crippen LogP contribution is 2.35. The lowest BCUT2D eigenvalue weighted by molar-refractivity contribution is 0.0590. The van der Waals surface area contributed by atoms with Crippen LogP contribution in [0.2, 0.25) is 0 Å². The number of hydrogen-bond donors (Lipinski definition) is 1. The number of nitrogens with two attached hydrogens (primary N) is 1. The van der Waals surface area contributed by atoms with E-state index in [1.54, 1.807) is 12.0 Å². The Hall–Kier alpha value is -1.62. The molecule has 2 N–H and O–H groups in total. The van der Waals surface area contributed by atoms with Crippen molar-refractivity contribution in [3.8, 4) is 0 Å². The van der Waals surface area contributed by atoms with Crippen molar-refractivity contribution in [1.29, 1.82) is 0 Å². The molecule has 0 aliphatic heterocycles. The van der Waals surface area contributed by atoms with Gasteiger partial charge in [0.2, 0.25) is 0 Å². The van der Waals surface area contributed by atoms with E-state index in [1.807, 2.05) is 6.92 Å². The molecule has 0 heterocycles. The van der Waals surface area contributed by atoms with Crippen molar-refractivity contribution in [2.24, 2.45) is 5.92 Å². The van der Waals surface area contributed by atoms with E-state index in [0.29, 0.717) is 24.8 Å². The fourth-order valence-electron chi connectivity index (χ4n) is 2.37. The molecule has 0 spiro atoms. The monoisotopic (exact) mass is 280 g/mol. The van der Waals surface area contributed by atoms with Crippen molar-refractivity contribution < 1.29 is 13.9 Å². The molecule has 0 aromatic heterocycles. The van der Waals surface area contributed by atoms with Gasteiger partial charge in [0.05, 0.1) is 12.2 Å². The Morgan fingerprint density at radius 2 is 2.25 bits per heavy atom. The minimum Gasteiger partial charge on any atom is -0.399 e.